The van der Waals surface area contributed by atoms with E-state index < -0.39 is 5.97 Å². The number of carbonyl (C=O) groups is 1. The highest BCUT2D eigenvalue weighted by Gasteiger charge is 2.34. The Kier molecular flexibility index (Phi) is 5.34. The molecular weight excluding hydrogens is 428 g/mol. The first-order chi connectivity index (χ1) is 15.6. The zero-order chi connectivity index (χ0) is 22.1. The maximum Gasteiger partial charge on any atom is 0.378 e. The smallest absolute Gasteiger partial charge is 0.378 e. The summed E-state index contributed by atoms with van der Waals surface area (Å²) in [6.45, 7) is 0. The van der Waals surface area contributed by atoms with Crippen molar-refractivity contribution in [1.82, 2.24) is 5.59 Å². The summed E-state index contributed by atoms with van der Waals surface area (Å²) in [6, 6.07) is 22.2. The number of nitrogens with one attached hydrogen (secondary N) is 1. The molecule has 0 bridgehead atoms. The zero-order valence-electron chi connectivity index (χ0n) is 17.2. The number of anilines is 1. The molecule has 0 aromatic heterocycles. The van der Waals surface area contributed by atoms with Crippen LogP contribution in [0.1, 0.15) is 18.0 Å². The Morgan fingerprint density at radius 1 is 1.06 bits per heavy atom. The van der Waals surface area contributed by atoms with Crippen molar-refractivity contribution >= 4 is 23.3 Å². The molecule has 32 heavy (non-hydrogen) atoms. The molecule has 5 rings (SSSR count). The van der Waals surface area contributed by atoms with Gasteiger partial charge in [-0.1, -0.05) is 41.5 Å². The second-order valence-corrected chi connectivity index (χ2v) is 7.75. The molecule has 1 N–H and O–H groups in total. The molecule has 0 saturated carbocycles. The third kappa shape index (κ3) is 3.84. The van der Waals surface area contributed by atoms with Gasteiger partial charge in [-0.05, 0) is 54.1 Å². The van der Waals surface area contributed by atoms with Gasteiger partial charge in [-0.15, -0.1) is 0 Å². The summed E-state index contributed by atoms with van der Waals surface area (Å²) in [5.41, 5.74) is 5.22. The first-order valence-electron chi connectivity index (χ1n) is 10.0. The van der Waals surface area contributed by atoms with Crippen molar-refractivity contribution in [1.29, 1.82) is 0 Å². The monoisotopic (exact) mass is 446 g/mol. The van der Waals surface area contributed by atoms with Gasteiger partial charge >= 0.3 is 5.97 Å². The number of hydrogen-bond acceptors (Lipinski definition) is 7. The normalized spacial score (nSPS) is 20.0. The minimum Gasteiger partial charge on any atom is -0.497 e. The van der Waals surface area contributed by atoms with E-state index >= 15 is 0 Å². The molecule has 3 aromatic carbocycles. The maximum absolute atomic E-state index is 12.8. The Hall–Kier alpha value is -3.68. The number of carbonyl (C=O) groups excluding carboxylic acids is 1. The van der Waals surface area contributed by atoms with Gasteiger partial charge in [0.05, 0.1) is 35.3 Å². The Labute approximate surface area is 189 Å². The van der Waals surface area contributed by atoms with E-state index in [9.17, 15) is 4.79 Å². The van der Waals surface area contributed by atoms with Crippen molar-refractivity contribution in [2.24, 2.45) is 9.98 Å². The molecule has 8 heteroatoms. The molecule has 0 spiro atoms. The first kappa shape index (κ1) is 20.2. The molecule has 7 nitrogen and oxygen atoms in total. The number of ether oxygens (including phenoxy) is 1. The Balaban J connectivity index is 1.67. The summed E-state index contributed by atoms with van der Waals surface area (Å²) >= 11 is 6.24. The fourth-order valence-electron chi connectivity index (χ4n) is 3.74. The fraction of sp³-hybridized carbons (Fsp3) is 0.125. The average Bonchev–Trinajstić information content (AvgIpc) is 3.09. The van der Waals surface area contributed by atoms with Crippen LogP contribution in [-0.2, 0) is 9.63 Å². The predicted molar refractivity (Wildman–Crippen MR) is 119 cm³/mol. The number of halogens is 1. The summed E-state index contributed by atoms with van der Waals surface area (Å²) in [6.07, 6.45) is 0.397. The minimum atomic E-state index is -0.510. The van der Waals surface area contributed by atoms with Gasteiger partial charge in [0.2, 0.25) is 0 Å². The number of methoxy groups -OCH3 is 1. The lowest BCUT2D eigenvalue weighted by molar-refractivity contribution is -0.140. The van der Waals surface area contributed by atoms with Crippen molar-refractivity contribution < 1.29 is 14.4 Å². The minimum absolute atomic E-state index is 0.269. The van der Waals surface area contributed by atoms with Crippen LogP contribution in [0.15, 0.2) is 94.2 Å². The van der Waals surface area contributed by atoms with Crippen LogP contribution in [0.3, 0.4) is 0 Å². The van der Waals surface area contributed by atoms with Crippen LogP contribution < -0.4 is 26.0 Å². The van der Waals surface area contributed by atoms with Crippen LogP contribution in [-0.4, -0.2) is 13.1 Å². The summed E-state index contributed by atoms with van der Waals surface area (Å²) in [5.74, 6) is 0.200. The molecule has 1 fully saturated rings. The van der Waals surface area contributed by atoms with Crippen LogP contribution >= 0.6 is 11.6 Å². The number of hydrogen-bond donors (Lipinski definition) is 1. The van der Waals surface area contributed by atoms with Crippen LogP contribution in [0.4, 0.5) is 5.69 Å². The van der Waals surface area contributed by atoms with Crippen LogP contribution in [0.25, 0.3) is 0 Å². The second kappa shape index (κ2) is 8.45. The van der Waals surface area contributed by atoms with Gasteiger partial charge in [0.1, 0.15) is 5.75 Å². The molecule has 1 saturated heterocycles. The van der Waals surface area contributed by atoms with Gasteiger partial charge in [0, 0.05) is 11.4 Å². The van der Waals surface area contributed by atoms with Gasteiger partial charge in [-0.3, -0.25) is 4.99 Å². The van der Waals surface area contributed by atoms with Gasteiger partial charge in [-0.25, -0.2) is 14.8 Å². The second-order valence-electron chi connectivity index (χ2n) is 7.31. The summed E-state index contributed by atoms with van der Waals surface area (Å²) in [5, 5.41) is 3.66. The van der Waals surface area contributed by atoms with E-state index in [-0.39, 0.29) is 6.04 Å². The quantitative estimate of drug-likeness (QED) is 0.624. The molecule has 2 aliphatic heterocycles. The molecule has 160 valence electrons. The SMILES string of the molecule is COc1ccc(N2NOC(=O)/C2=C2/CC(c3cccc(Cl)c3)N=c3ccccc3=N2)cc1. The largest absolute Gasteiger partial charge is 0.497 e. The Bertz CT molecular complexity index is 1340. The van der Waals surface area contributed by atoms with Crippen molar-refractivity contribution in [3.05, 3.63) is 105 Å². The van der Waals surface area contributed by atoms with E-state index in [2.05, 4.69) is 5.59 Å². The maximum atomic E-state index is 12.8. The van der Waals surface area contributed by atoms with Crippen LogP contribution in [0.5, 0.6) is 5.75 Å². The Morgan fingerprint density at radius 2 is 1.84 bits per heavy atom. The van der Waals surface area contributed by atoms with Gasteiger partial charge in [0.15, 0.2) is 5.70 Å². The van der Waals surface area contributed by atoms with E-state index in [1.807, 2.05) is 72.8 Å². The fourth-order valence-corrected chi connectivity index (χ4v) is 3.94. The molecule has 2 aliphatic rings. The number of benzene rings is 3. The topological polar surface area (TPSA) is 75.5 Å². The lowest BCUT2D eigenvalue weighted by Gasteiger charge is -2.19. The summed E-state index contributed by atoms with van der Waals surface area (Å²) in [7, 11) is 1.60. The number of nitrogens with zero attached hydrogens (tertiary/aromatic N) is 3. The van der Waals surface area contributed by atoms with Crippen LogP contribution in [0, 0.1) is 0 Å². The number of para-hydroxylation sites is 2. The third-order valence-electron chi connectivity index (χ3n) is 5.30. The molecule has 3 aromatic rings. The van der Waals surface area contributed by atoms with Gasteiger partial charge < -0.3 is 9.57 Å². The van der Waals surface area contributed by atoms with E-state index in [4.69, 9.17) is 31.2 Å². The van der Waals surface area contributed by atoms with E-state index in [1.54, 1.807) is 12.1 Å². The van der Waals surface area contributed by atoms with Crippen molar-refractivity contribution in [2.75, 3.05) is 12.1 Å². The van der Waals surface area contributed by atoms with Crippen molar-refractivity contribution in [3.63, 3.8) is 0 Å². The van der Waals surface area contributed by atoms with E-state index in [0.29, 0.717) is 39.6 Å². The number of fused-ring (bicyclic) bond motifs is 1. The van der Waals surface area contributed by atoms with E-state index in [0.717, 1.165) is 10.9 Å². The summed E-state index contributed by atoms with van der Waals surface area (Å²) < 4.78 is 5.23. The first-order valence-corrected chi connectivity index (χ1v) is 10.4. The molecule has 0 amide bonds. The molecule has 1 unspecified atom stereocenters. The highest BCUT2D eigenvalue weighted by molar-refractivity contribution is 6.30. The summed E-state index contributed by atoms with van der Waals surface area (Å²) in [4.78, 5) is 27.7. The van der Waals surface area contributed by atoms with E-state index in [1.165, 1.54) is 0 Å². The van der Waals surface area contributed by atoms with Crippen molar-refractivity contribution in [3.8, 4) is 5.75 Å². The lowest BCUT2D eigenvalue weighted by Crippen LogP contribution is -2.29. The van der Waals surface area contributed by atoms with Gasteiger partial charge in [-0.2, -0.15) is 0 Å². The highest BCUT2D eigenvalue weighted by Crippen LogP contribution is 2.33. The molecule has 0 aliphatic carbocycles. The van der Waals surface area contributed by atoms with Crippen LogP contribution in [0.2, 0.25) is 5.02 Å². The number of hydrazine groups is 1. The third-order valence-corrected chi connectivity index (χ3v) is 5.54. The average molecular weight is 447 g/mol. The zero-order valence-corrected chi connectivity index (χ0v) is 17.9. The highest BCUT2D eigenvalue weighted by atomic mass is 35.5. The molecule has 2 heterocycles. The standard InChI is InChI=1S/C24H19ClN4O3/c1-31-18-11-9-17(10-12-18)29-23(24(30)32-28-29)22-14-21(15-5-4-6-16(25)13-15)26-19-7-2-3-8-20(19)27-22/h2-13,21,28H,14H2,1H3/b23-22+. The van der Waals surface area contributed by atoms with Gasteiger partial charge in [0.25, 0.3) is 0 Å². The molecular formula is C24H19ClN4O3. The molecule has 1 atom stereocenters. The number of rotatable bonds is 3. The Morgan fingerprint density at radius 3 is 2.59 bits per heavy atom. The van der Waals surface area contributed by atoms with Crippen molar-refractivity contribution in [2.45, 2.75) is 12.5 Å². The lowest BCUT2D eigenvalue weighted by atomic mass is 10.0. The predicted octanol–water partition coefficient (Wildman–Crippen LogP) is 3.43. The molecule has 0 radical (unpaired) electrons.